The molecule has 0 saturated heterocycles. The van der Waals surface area contributed by atoms with Gasteiger partial charge in [0.2, 0.25) is 0 Å². The van der Waals surface area contributed by atoms with E-state index in [1.165, 1.54) is 4.90 Å². The van der Waals surface area contributed by atoms with Crippen LogP contribution in [0.2, 0.25) is 0 Å². The van der Waals surface area contributed by atoms with Crippen LogP contribution >= 0.6 is 23.1 Å². The molecule has 0 radical (unpaired) electrons. The number of benzene rings is 1. The lowest BCUT2D eigenvalue weighted by Crippen LogP contribution is -2.14. The van der Waals surface area contributed by atoms with E-state index in [0.717, 1.165) is 21.4 Å². The summed E-state index contributed by atoms with van der Waals surface area (Å²) in [7, 11) is 0. The van der Waals surface area contributed by atoms with Crippen molar-refractivity contribution in [3.05, 3.63) is 34.2 Å². The molecule has 5 heteroatoms. The van der Waals surface area contributed by atoms with Gasteiger partial charge in [0.25, 0.3) is 0 Å². The van der Waals surface area contributed by atoms with Crippen LogP contribution in [0.5, 0.6) is 5.75 Å². The zero-order valence-corrected chi connectivity index (χ0v) is 11.0. The number of rotatable bonds is 1. The number of para-hydroxylation sites is 1. The monoisotopic (exact) mass is 264 g/mol. The molecule has 1 aromatic carbocycles. The van der Waals surface area contributed by atoms with Crippen LogP contribution in [0.15, 0.2) is 29.2 Å². The smallest absolute Gasteiger partial charge is 0.159 e. The highest BCUT2D eigenvalue weighted by Gasteiger charge is 2.24. The summed E-state index contributed by atoms with van der Waals surface area (Å²) >= 11 is 3.43. The third-order valence-electron chi connectivity index (χ3n) is 2.63. The van der Waals surface area contributed by atoms with Crippen molar-refractivity contribution in [1.29, 1.82) is 0 Å². The molecule has 1 aromatic heterocycles. The molecule has 0 aliphatic carbocycles. The number of thioether (sulfide) groups is 1. The molecule has 0 fully saturated rings. The number of nitrogens with two attached hydrogens (primary N) is 1. The summed E-state index contributed by atoms with van der Waals surface area (Å²) in [5, 5.41) is 0.974. The Labute approximate surface area is 108 Å². The quantitative estimate of drug-likeness (QED) is 0.859. The van der Waals surface area contributed by atoms with Crippen molar-refractivity contribution in [3.63, 3.8) is 0 Å². The molecule has 1 aliphatic heterocycles. The maximum atomic E-state index is 5.96. The number of ether oxygens (including phenoxy) is 1. The first-order valence-electron chi connectivity index (χ1n) is 5.35. The molecular formula is C12H12N2OS2. The van der Waals surface area contributed by atoms with Gasteiger partial charge in [-0.1, -0.05) is 12.1 Å². The molecule has 17 heavy (non-hydrogen) atoms. The number of thiazole rings is 1. The molecular weight excluding hydrogens is 252 g/mol. The third-order valence-corrected chi connectivity index (χ3v) is 4.83. The van der Waals surface area contributed by atoms with Gasteiger partial charge in [-0.05, 0) is 19.1 Å². The second kappa shape index (κ2) is 4.23. The number of aromatic nitrogens is 1. The first-order chi connectivity index (χ1) is 8.24. The third kappa shape index (κ3) is 2.00. The van der Waals surface area contributed by atoms with E-state index in [0.29, 0.717) is 5.82 Å². The lowest BCUT2D eigenvalue weighted by molar-refractivity contribution is 0.220. The van der Waals surface area contributed by atoms with E-state index in [9.17, 15) is 0 Å². The van der Waals surface area contributed by atoms with E-state index in [-0.39, 0.29) is 6.10 Å². The SMILES string of the molecule is Cc1sc(C2CSc3ccccc3O2)nc1N. The highest BCUT2D eigenvalue weighted by molar-refractivity contribution is 7.99. The van der Waals surface area contributed by atoms with E-state index in [4.69, 9.17) is 10.5 Å². The molecule has 1 unspecified atom stereocenters. The topological polar surface area (TPSA) is 48.1 Å². The Morgan fingerprint density at radius 3 is 3.00 bits per heavy atom. The molecule has 0 amide bonds. The molecule has 0 spiro atoms. The number of fused-ring (bicyclic) bond motifs is 1. The van der Waals surface area contributed by atoms with Crippen LogP contribution in [0.25, 0.3) is 0 Å². The van der Waals surface area contributed by atoms with Crippen molar-refractivity contribution in [2.45, 2.75) is 17.9 Å². The second-order valence-corrected chi connectivity index (χ2v) is 6.15. The van der Waals surface area contributed by atoms with Gasteiger partial charge in [0, 0.05) is 15.5 Å². The van der Waals surface area contributed by atoms with Gasteiger partial charge in [-0.2, -0.15) is 0 Å². The normalized spacial score (nSPS) is 18.5. The molecule has 2 heterocycles. The average Bonchev–Trinajstić information content (AvgIpc) is 2.69. The maximum Gasteiger partial charge on any atom is 0.159 e. The number of hydrogen-bond donors (Lipinski definition) is 1. The molecule has 2 aromatic rings. The molecule has 0 saturated carbocycles. The molecule has 1 atom stereocenters. The lowest BCUT2D eigenvalue weighted by Gasteiger charge is -2.23. The summed E-state index contributed by atoms with van der Waals surface area (Å²) in [6.45, 7) is 1.99. The first kappa shape index (κ1) is 10.9. The van der Waals surface area contributed by atoms with Gasteiger partial charge in [-0.15, -0.1) is 23.1 Å². The van der Waals surface area contributed by atoms with Crippen molar-refractivity contribution in [3.8, 4) is 5.75 Å². The Bertz CT molecular complexity index is 534. The summed E-state index contributed by atoms with van der Waals surface area (Å²) in [6.07, 6.45) is 0.0240. The van der Waals surface area contributed by atoms with Gasteiger partial charge >= 0.3 is 0 Å². The number of nitrogens with zero attached hydrogens (tertiary/aromatic N) is 1. The molecule has 88 valence electrons. The summed E-state index contributed by atoms with van der Waals surface area (Å²) in [6, 6.07) is 8.10. The first-order valence-corrected chi connectivity index (χ1v) is 7.15. The molecule has 0 bridgehead atoms. The largest absolute Gasteiger partial charge is 0.481 e. The Morgan fingerprint density at radius 2 is 2.24 bits per heavy atom. The fourth-order valence-electron chi connectivity index (χ4n) is 1.71. The molecule has 3 nitrogen and oxygen atoms in total. The second-order valence-electron chi connectivity index (χ2n) is 3.86. The standard InChI is InChI=1S/C12H12N2OS2/c1-7-11(13)14-12(17-7)9-6-16-10-5-3-2-4-8(10)15-9/h2-5,9H,6,13H2,1H3. The molecule has 1 aliphatic rings. The average molecular weight is 264 g/mol. The van der Waals surface area contributed by atoms with Crippen molar-refractivity contribution in [2.24, 2.45) is 0 Å². The fourth-order valence-corrected chi connectivity index (χ4v) is 3.67. The maximum absolute atomic E-state index is 5.96. The zero-order valence-electron chi connectivity index (χ0n) is 9.34. The van der Waals surface area contributed by atoms with Crippen LogP contribution in [0.3, 0.4) is 0 Å². The molecule has 3 rings (SSSR count). The number of aryl methyl sites for hydroxylation is 1. The number of hydrogen-bond acceptors (Lipinski definition) is 5. The van der Waals surface area contributed by atoms with Gasteiger partial charge < -0.3 is 10.5 Å². The summed E-state index contributed by atoms with van der Waals surface area (Å²) in [5.41, 5.74) is 5.78. The Balaban J connectivity index is 1.89. The van der Waals surface area contributed by atoms with E-state index in [1.807, 2.05) is 36.9 Å². The van der Waals surface area contributed by atoms with Crippen LogP contribution in [0.4, 0.5) is 5.82 Å². The lowest BCUT2D eigenvalue weighted by atomic mass is 10.3. The number of anilines is 1. The molecule has 2 N–H and O–H groups in total. The van der Waals surface area contributed by atoms with Crippen LogP contribution in [-0.2, 0) is 0 Å². The Morgan fingerprint density at radius 1 is 1.41 bits per heavy atom. The number of nitrogen functional groups attached to an aromatic ring is 1. The summed E-state index contributed by atoms with van der Waals surface area (Å²) in [5.74, 6) is 2.46. The van der Waals surface area contributed by atoms with Gasteiger partial charge in [0.1, 0.15) is 16.6 Å². The predicted octanol–water partition coefficient (Wildman–Crippen LogP) is 3.26. The van der Waals surface area contributed by atoms with E-state index in [1.54, 1.807) is 11.3 Å². The highest BCUT2D eigenvalue weighted by atomic mass is 32.2. The minimum atomic E-state index is 0.0240. The highest BCUT2D eigenvalue weighted by Crippen LogP contribution is 2.41. The zero-order chi connectivity index (χ0) is 11.8. The van der Waals surface area contributed by atoms with Crippen LogP contribution < -0.4 is 10.5 Å². The van der Waals surface area contributed by atoms with Crippen molar-refractivity contribution in [1.82, 2.24) is 4.98 Å². The van der Waals surface area contributed by atoms with Crippen molar-refractivity contribution < 1.29 is 4.74 Å². The fraction of sp³-hybridized carbons (Fsp3) is 0.250. The predicted molar refractivity (Wildman–Crippen MR) is 71.8 cm³/mol. The van der Waals surface area contributed by atoms with E-state index >= 15 is 0 Å². The minimum Gasteiger partial charge on any atom is -0.481 e. The van der Waals surface area contributed by atoms with Gasteiger partial charge in [-0.25, -0.2) is 4.98 Å². The van der Waals surface area contributed by atoms with Crippen molar-refractivity contribution in [2.75, 3.05) is 11.5 Å². The van der Waals surface area contributed by atoms with Crippen molar-refractivity contribution >= 4 is 28.9 Å². The summed E-state index contributed by atoms with van der Waals surface area (Å²) < 4.78 is 5.96. The summed E-state index contributed by atoms with van der Waals surface area (Å²) in [4.78, 5) is 6.63. The van der Waals surface area contributed by atoms with E-state index in [2.05, 4.69) is 11.1 Å². The van der Waals surface area contributed by atoms with Gasteiger partial charge in [-0.3, -0.25) is 0 Å². The minimum absolute atomic E-state index is 0.0240. The Hall–Kier alpha value is -1.20. The van der Waals surface area contributed by atoms with Crippen LogP contribution in [0, 0.1) is 6.92 Å². The van der Waals surface area contributed by atoms with Crippen LogP contribution in [0.1, 0.15) is 16.0 Å². The van der Waals surface area contributed by atoms with Gasteiger partial charge in [0.15, 0.2) is 6.10 Å². The Kier molecular flexibility index (Phi) is 2.72. The van der Waals surface area contributed by atoms with Gasteiger partial charge in [0.05, 0.1) is 0 Å². The van der Waals surface area contributed by atoms with E-state index < -0.39 is 0 Å². The van der Waals surface area contributed by atoms with Crippen LogP contribution in [-0.4, -0.2) is 10.7 Å².